The van der Waals surface area contributed by atoms with Crippen LogP contribution in [0.1, 0.15) is 58.8 Å². The van der Waals surface area contributed by atoms with Gasteiger partial charge in [0.1, 0.15) is 5.75 Å². The van der Waals surface area contributed by atoms with E-state index < -0.39 is 18.6 Å². The van der Waals surface area contributed by atoms with Crippen LogP contribution in [0.15, 0.2) is 42.6 Å². The minimum absolute atomic E-state index is 0.0470. The molecule has 0 bridgehead atoms. The number of carbonyl (C=O) groups is 1. The molecule has 0 radical (unpaired) electrons. The molecule has 3 aromatic rings. The molecule has 2 N–H and O–H groups in total. The normalized spacial score (nSPS) is 19.4. The van der Waals surface area contributed by atoms with E-state index in [-0.39, 0.29) is 23.9 Å². The molecule has 1 fully saturated rings. The van der Waals surface area contributed by atoms with Gasteiger partial charge in [-0.3, -0.25) is 4.90 Å². The van der Waals surface area contributed by atoms with Crippen molar-refractivity contribution in [1.29, 1.82) is 0 Å². The Morgan fingerprint density at radius 3 is 2.62 bits per heavy atom. The highest BCUT2D eigenvalue weighted by Crippen LogP contribution is 2.41. The molecule has 1 aliphatic heterocycles. The third-order valence-electron chi connectivity index (χ3n) is 6.89. The van der Waals surface area contributed by atoms with Crippen molar-refractivity contribution in [3.8, 4) is 5.75 Å². The molecule has 1 saturated heterocycles. The van der Waals surface area contributed by atoms with Crippen LogP contribution in [-0.4, -0.2) is 40.8 Å². The maximum absolute atomic E-state index is 12.9. The number of aromatic nitrogens is 1. The van der Waals surface area contributed by atoms with E-state index in [9.17, 15) is 23.1 Å². The largest absolute Gasteiger partial charge is 0.496 e. The van der Waals surface area contributed by atoms with Crippen molar-refractivity contribution < 1.29 is 27.8 Å². The number of nitrogens with zero attached hydrogens (tertiary/aromatic N) is 1. The van der Waals surface area contributed by atoms with Crippen LogP contribution in [-0.2, 0) is 6.54 Å². The van der Waals surface area contributed by atoms with Crippen LogP contribution in [0.5, 0.6) is 5.75 Å². The predicted molar refractivity (Wildman–Crippen MR) is 124 cm³/mol. The zero-order valence-electron chi connectivity index (χ0n) is 19.3. The predicted octanol–water partition coefficient (Wildman–Crippen LogP) is 6.48. The number of hydrogen-bond donors (Lipinski definition) is 2. The molecule has 5 nitrogen and oxygen atoms in total. The van der Waals surface area contributed by atoms with Crippen molar-refractivity contribution in [2.45, 2.75) is 51.4 Å². The lowest BCUT2D eigenvalue weighted by Gasteiger charge is -2.40. The highest BCUT2D eigenvalue weighted by molar-refractivity contribution is 5.88. The van der Waals surface area contributed by atoms with Gasteiger partial charge in [0, 0.05) is 41.7 Å². The SMILES string of the molecule is COc1cc(C)c2[nH]ccc2c1CN1CC[C@@H](CCC(F)(F)F)C[C@@H]1c1ccc(C(=O)O)cc1. The maximum atomic E-state index is 12.9. The average molecular weight is 475 g/mol. The lowest BCUT2D eigenvalue weighted by Crippen LogP contribution is -2.37. The quantitative estimate of drug-likeness (QED) is 0.411. The number of aryl methyl sites for hydroxylation is 1. The second-order valence-corrected chi connectivity index (χ2v) is 9.10. The maximum Gasteiger partial charge on any atom is 0.389 e. The molecule has 2 atom stereocenters. The number of methoxy groups -OCH3 is 1. The van der Waals surface area contributed by atoms with Gasteiger partial charge in [-0.2, -0.15) is 13.2 Å². The Labute approximate surface area is 196 Å². The Morgan fingerprint density at radius 2 is 1.97 bits per heavy atom. The summed E-state index contributed by atoms with van der Waals surface area (Å²) in [6.45, 7) is 3.25. The Hall–Kier alpha value is -3.00. The summed E-state index contributed by atoms with van der Waals surface area (Å²) < 4.78 is 44.3. The highest BCUT2D eigenvalue weighted by atomic mass is 19.4. The monoisotopic (exact) mass is 474 g/mol. The van der Waals surface area contributed by atoms with Crippen molar-refractivity contribution in [1.82, 2.24) is 9.88 Å². The number of carboxylic acid groups (broad SMARTS) is 1. The highest BCUT2D eigenvalue weighted by Gasteiger charge is 2.34. The third-order valence-corrected chi connectivity index (χ3v) is 6.89. The number of nitrogens with one attached hydrogen (secondary N) is 1. The molecule has 34 heavy (non-hydrogen) atoms. The molecule has 8 heteroatoms. The van der Waals surface area contributed by atoms with E-state index in [1.54, 1.807) is 31.4 Å². The van der Waals surface area contributed by atoms with Crippen molar-refractivity contribution in [3.05, 3.63) is 64.8 Å². The Kier molecular flexibility index (Phi) is 6.89. The van der Waals surface area contributed by atoms with E-state index >= 15 is 0 Å². The van der Waals surface area contributed by atoms with Crippen LogP contribution in [0.2, 0.25) is 0 Å². The summed E-state index contributed by atoms with van der Waals surface area (Å²) in [6, 6.07) is 10.6. The summed E-state index contributed by atoms with van der Waals surface area (Å²) in [6.07, 6.45) is -1.66. The number of ether oxygens (including phenoxy) is 1. The minimum atomic E-state index is -4.16. The second kappa shape index (κ2) is 9.70. The molecular weight excluding hydrogens is 445 g/mol. The number of H-pyrrole nitrogens is 1. The molecule has 182 valence electrons. The molecule has 1 aromatic heterocycles. The minimum Gasteiger partial charge on any atom is -0.496 e. The van der Waals surface area contributed by atoms with Gasteiger partial charge >= 0.3 is 12.1 Å². The lowest BCUT2D eigenvalue weighted by atomic mass is 9.84. The fourth-order valence-electron chi connectivity index (χ4n) is 5.08. The van der Waals surface area contributed by atoms with Gasteiger partial charge in [0.05, 0.1) is 12.7 Å². The van der Waals surface area contributed by atoms with E-state index in [1.165, 1.54) is 0 Å². The molecule has 1 aliphatic rings. The summed E-state index contributed by atoms with van der Waals surface area (Å²) in [5.41, 5.74) is 4.25. The molecule has 0 amide bonds. The number of alkyl halides is 3. The number of likely N-dealkylation sites (tertiary alicyclic amines) is 1. The van der Waals surface area contributed by atoms with Crippen LogP contribution >= 0.6 is 0 Å². The van der Waals surface area contributed by atoms with E-state index in [4.69, 9.17) is 4.74 Å². The summed E-state index contributed by atoms with van der Waals surface area (Å²) in [4.78, 5) is 16.8. The van der Waals surface area contributed by atoms with E-state index in [0.29, 0.717) is 25.9 Å². The van der Waals surface area contributed by atoms with Crippen LogP contribution in [0, 0.1) is 12.8 Å². The van der Waals surface area contributed by atoms with Gasteiger partial charge in [0.2, 0.25) is 0 Å². The molecule has 0 spiro atoms. The van der Waals surface area contributed by atoms with E-state index in [0.717, 1.165) is 33.3 Å². The van der Waals surface area contributed by atoms with Gasteiger partial charge in [0.25, 0.3) is 0 Å². The smallest absolute Gasteiger partial charge is 0.389 e. The Balaban J connectivity index is 1.65. The summed E-state index contributed by atoms with van der Waals surface area (Å²) >= 11 is 0. The molecule has 2 heterocycles. The van der Waals surface area contributed by atoms with Gasteiger partial charge in [-0.15, -0.1) is 0 Å². The molecule has 0 saturated carbocycles. The third kappa shape index (κ3) is 5.22. The van der Waals surface area contributed by atoms with Gasteiger partial charge in [-0.1, -0.05) is 12.1 Å². The first kappa shape index (κ1) is 24.1. The Bertz CT molecular complexity index is 1150. The van der Waals surface area contributed by atoms with Crippen molar-refractivity contribution >= 4 is 16.9 Å². The van der Waals surface area contributed by atoms with Crippen molar-refractivity contribution in [2.24, 2.45) is 5.92 Å². The number of benzene rings is 2. The summed E-state index contributed by atoms with van der Waals surface area (Å²) in [5, 5.41) is 10.3. The first-order valence-corrected chi connectivity index (χ1v) is 11.4. The lowest BCUT2D eigenvalue weighted by molar-refractivity contribution is -0.138. The summed E-state index contributed by atoms with van der Waals surface area (Å²) in [7, 11) is 1.64. The molecule has 0 aliphatic carbocycles. The first-order valence-electron chi connectivity index (χ1n) is 11.4. The number of fused-ring (bicyclic) bond motifs is 1. The molecule has 4 rings (SSSR count). The topological polar surface area (TPSA) is 65.6 Å². The number of carboxylic acids is 1. The zero-order chi connectivity index (χ0) is 24.5. The number of rotatable bonds is 7. The zero-order valence-corrected chi connectivity index (χ0v) is 19.3. The standard InChI is InChI=1S/C26H29F3N2O3/c1-16-13-23(34-2)21(20-8-11-30-24(16)20)15-31-12-9-17(7-10-26(27,28)29)14-22(31)18-3-5-19(6-4-18)25(32)33/h3-6,8,11,13,17,22,30H,7,9-10,12,14-15H2,1-2H3,(H,32,33)/t17-,22-/m1/s1. The second-order valence-electron chi connectivity index (χ2n) is 9.10. The average Bonchev–Trinajstić information content (AvgIpc) is 3.30. The van der Waals surface area contributed by atoms with Crippen LogP contribution < -0.4 is 4.74 Å². The number of hydrogen-bond acceptors (Lipinski definition) is 3. The Morgan fingerprint density at radius 1 is 1.24 bits per heavy atom. The van der Waals surface area contributed by atoms with E-state index in [2.05, 4.69) is 9.88 Å². The molecular formula is C26H29F3N2O3. The number of aromatic amines is 1. The van der Waals surface area contributed by atoms with Crippen LogP contribution in [0.25, 0.3) is 10.9 Å². The van der Waals surface area contributed by atoms with Gasteiger partial charge < -0.3 is 14.8 Å². The van der Waals surface area contributed by atoms with Crippen LogP contribution in [0.4, 0.5) is 13.2 Å². The van der Waals surface area contributed by atoms with Crippen molar-refractivity contribution in [2.75, 3.05) is 13.7 Å². The van der Waals surface area contributed by atoms with Gasteiger partial charge in [0.15, 0.2) is 0 Å². The van der Waals surface area contributed by atoms with Gasteiger partial charge in [-0.25, -0.2) is 4.79 Å². The number of aromatic carboxylic acids is 1. The fourth-order valence-corrected chi connectivity index (χ4v) is 5.08. The number of halogens is 3. The van der Waals surface area contributed by atoms with E-state index in [1.807, 2.05) is 25.3 Å². The van der Waals surface area contributed by atoms with Crippen LogP contribution in [0.3, 0.4) is 0 Å². The number of piperidine rings is 1. The fraction of sp³-hybridized carbons (Fsp3) is 0.423. The first-order chi connectivity index (χ1) is 16.2. The molecule has 0 unspecified atom stereocenters. The van der Waals surface area contributed by atoms with Crippen molar-refractivity contribution in [3.63, 3.8) is 0 Å². The molecule has 2 aromatic carbocycles. The van der Waals surface area contributed by atoms with Gasteiger partial charge in [-0.05, 0) is 74.0 Å². The summed E-state index contributed by atoms with van der Waals surface area (Å²) in [5.74, 6) is -0.271.